The Hall–Kier alpha value is -2.82. The highest BCUT2D eigenvalue weighted by atomic mass is 16.2. The number of nitrogens with zero attached hydrogens (tertiary/aromatic N) is 2. The van der Waals surface area contributed by atoms with Crippen molar-refractivity contribution in [1.82, 2.24) is 4.90 Å². The van der Waals surface area contributed by atoms with Gasteiger partial charge in [0.15, 0.2) is 0 Å². The first-order chi connectivity index (χ1) is 17.6. The summed E-state index contributed by atoms with van der Waals surface area (Å²) in [5.74, 6) is 0.218. The molecule has 0 unspecified atom stereocenters. The zero-order valence-electron chi connectivity index (χ0n) is 22.4. The van der Waals surface area contributed by atoms with Crippen molar-refractivity contribution in [3.05, 3.63) is 59.7 Å². The van der Waals surface area contributed by atoms with Crippen molar-refractivity contribution in [1.29, 1.82) is 0 Å². The highest BCUT2D eigenvalue weighted by Crippen LogP contribution is 2.21. The van der Waals surface area contributed by atoms with Crippen LogP contribution in [0, 0.1) is 0 Å². The summed E-state index contributed by atoms with van der Waals surface area (Å²) in [6, 6.07) is 16.0. The molecule has 5 nitrogen and oxygen atoms in total. The third-order valence-electron chi connectivity index (χ3n) is 7.15. The van der Waals surface area contributed by atoms with E-state index in [9.17, 15) is 9.59 Å². The number of hydrogen-bond acceptors (Lipinski definition) is 3. The first-order valence-corrected chi connectivity index (χ1v) is 14.1. The number of rotatable bonds is 14. The molecule has 1 N–H and O–H groups in total. The van der Waals surface area contributed by atoms with E-state index in [1.807, 2.05) is 29.2 Å². The van der Waals surface area contributed by atoms with E-state index >= 15 is 0 Å². The van der Waals surface area contributed by atoms with Crippen LogP contribution in [0.25, 0.3) is 0 Å². The molecule has 0 atom stereocenters. The largest absolute Gasteiger partial charge is 0.368 e. The fourth-order valence-corrected chi connectivity index (χ4v) is 4.79. The Morgan fingerprint density at radius 2 is 1.33 bits per heavy atom. The van der Waals surface area contributed by atoms with Gasteiger partial charge in [-0.15, -0.1) is 0 Å². The molecule has 36 heavy (non-hydrogen) atoms. The molecule has 1 aliphatic heterocycles. The van der Waals surface area contributed by atoms with E-state index in [1.54, 1.807) is 0 Å². The summed E-state index contributed by atoms with van der Waals surface area (Å²) in [7, 11) is 0. The van der Waals surface area contributed by atoms with E-state index in [-0.39, 0.29) is 5.91 Å². The number of aryl methyl sites for hydroxylation is 1. The smallest absolute Gasteiger partial charge is 0.255 e. The van der Waals surface area contributed by atoms with Crippen LogP contribution in [0.2, 0.25) is 0 Å². The summed E-state index contributed by atoms with van der Waals surface area (Å²) in [4.78, 5) is 29.5. The average molecular weight is 492 g/mol. The third kappa shape index (κ3) is 9.00. The minimum absolute atomic E-state index is 0.0814. The van der Waals surface area contributed by atoms with Crippen LogP contribution < -0.4 is 10.2 Å². The lowest BCUT2D eigenvalue weighted by Crippen LogP contribution is -2.48. The summed E-state index contributed by atoms with van der Waals surface area (Å²) >= 11 is 0. The zero-order chi connectivity index (χ0) is 25.6. The van der Waals surface area contributed by atoms with Gasteiger partial charge in [0.05, 0.1) is 0 Å². The van der Waals surface area contributed by atoms with Crippen LogP contribution in [0.5, 0.6) is 0 Å². The molecule has 196 valence electrons. The van der Waals surface area contributed by atoms with Crippen LogP contribution in [0.15, 0.2) is 48.5 Å². The van der Waals surface area contributed by atoms with Gasteiger partial charge in [-0.05, 0) is 61.2 Å². The average Bonchev–Trinajstić information content (AvgIpc) is 2.92. The van der Waals surface area contributed by atoms with Gasteiger partial charge in [-0.25, -0.2) is 0 Å². The molecule has 3 rings (SSSR count). The predicted octanol–water partition coefficient (Wildman–Crippen LogP) is 7.07. The van der Waals surface area contributed by atoms with E-state index in [2.05, 4.69) is 48.3 Å². The predicted molar refractivity (Wildman–Crippen MR) is 151 cm³/mol. The molecule has 2 aromatic carbocycles. The molecular weight excluding hydrogens is 446 g/mol. The van der Waals surface area contributed by atoms with Gasteiger partial charge in [0, 0.05) is 49.5 Å². The monoisotopic (exact) mass is 491 g/mol. The van der Waals surface area contributed by atoms with Crippen molar-refractivity contribution in [2.75, 3.05) is 36.4 Å². The summed E-state index contributed by atoms with van der Waals surface area (Å²) in [6.07, 6.45) is 12.7. The molecule has 1 fully saturated rings. The number of hydrogen-bond donors (Lipinski definition) is 1. The molecule has 1 aliphatic rings. The van der Waals surface area contributed by atoms with E-state index in [4.69, 9.17) is 0 Å². The summed E-state index contributed by atoms with van der Waals surface area (Å²) in [6.45, 7) is 7.68. The zero-order valence-corrected chi connectivity index (χ0v) is 22.4. The summed E-state index contributed by atoms with van der Waals surface area (Å²) < 4.78 is 0. The third-order valence-corrected chi connectivity index (χ3v) is 7.15. The SMILES string of the molecule is CCCCCCCC(=O)N1CCN(c2ccc(NC(=O)c3ccc(CCCCCC)cc3)cc2)CC1. The van der Waals surface area contributed by atoms with Gasteiger partial charge < -0.3 is 15.1 Å². The Kier molecular flexibility index (Phi) is 11.8. The minimum Gasteiger partial charge on any atom is -0.368 e. The van der Waals surface area contributed by atoms with Gasteiger partial charge in [-0.2, -0.15) is 0 Å². The quantitative estimate of drug-likeness (QED) is 0.288. The number of carbonyl (C=O) groups excluding carboxylic acids is 2. The maximum Gasteiger partial charge on any atom is 0.255 e. The molecule has 0 bridgehead atoms. The number of amides is 2. The first-order valence-electron chi connectivity index (χ1n) is 14.1. The maximum absolute atomic E-state index is 12.7. The number of carbonyl (C=O) groups is 2. The molecule has 0 spiro atoms. The van der Waals surface area contributed by atoms with Gasteiger partial charge in [0.25, 0.3) is 5.91 Å². The lowest BCUT2D eigenvalue weighted by molar-refractivity contribution is -0.131. The lowest BCUT2D eigenvalue weighted by Gasteiger charge is -2.36. The molecule has 0 aliphatic carbocycles. The number of benzene rings is 2. The van der Waals surface area contributed by atoms with Gasteiger partial charge in [0.1, 0.15) is 0 Å². The normalized spacial score (nSPS) is 13.6. The van der Waals surface area contributed by atoms with Crippen LogP contribution in [0.3, 0.4) is 0 Å². The van der Waals surface area contributed by atoms with Crippen molar-refractivity contribution >= 4 is 23.2 Å². The Morgan fingerprint density at radius 3 is 1.97 bits per heavy atom. The topological polar surface area (TPSA) is 52.7 Å². The van der Waals surface area contributed by atoms with Crippen LogP contribution >= 0.6 is 0 Å². The molecule has 0 aromatic heterocycles. The molecule has 0 saturated carbocycles. The molecule has 1 heterocycles. The fourth-order valence-electron chi connectivity index (χ4n) is 4.79. The van der Waals surface area contributed by atoms with Gasteiger partial charge in [-0.3, -0.25) is 9.59 Å². The number of nitrogens with one attached hydrogen (secondary N) is 1. The van der Waals surface area contributed by atoms with E-state index in [0.717, 1.165) is 56.8 Å². The molecule has 2 aromatic rings. The molecular formula is C31H45N3O2. The highest BCUT2D eigenvalue weighted by molar-refractivity contribution is 6.04. The Labute approximate surface area is 218 Å². The van der Waals surface area contributed by atoms with Crippen LogP contribution in [-0.4, -0.2) is 42.9 Å². The number of anilines is 2. The minimum atomic E-state index is -0.0814. The van der Waals surface area contributed by atoms with Gasteiger partial charge in [-0.1, -0.05) is 70.9 Å². The summed E-state index contributed by atoms with van der Waals surface area (Å²) in [5, 5.41) is 3.01. The van der Waals surface area contributed by atoms with Gasteiger partial charge >= 0.3 is 0 Å². The summed E-state index contributed by atoms with van der Waals surface area (Å²) in [5.41, 5.74) is 3.90. The fraction of sp³-hybridized carbons (Fsp3) is 0.548. The van der Waals surface area contributed by atoms with Crippen LogP contribution in [-0.2, 0) is 11.2 Å². The molecule has 1 saturated heterocycles. The van der Waals surface area contributed by atoms with E-state index in [1.165, 1.54) is 50.5 Å². The lowest BCUT2D eigenvalue weighted by atomic mass is 10.0. The molecule has 2 amide bonds. The second-order valence-corrected chi connectivity index (χ2v) is 10.0. The second kappa shape index (κ2) is 15.3. The Balaban J connectivity index is 1.41. The first kappa shape index (κ1) is 27.8. The Morgan fingerprint density at radius 1 is 0.722 bits per heavy atom. The van der Waals surface area contributed by atoms with Crippen LogP contribution in [0.4, 0.5) is 11.4 Å². The number of piperazine rings is 1. The van der Waals surface area contributed by atoms with Crippen LogP contribution in [0.1, 0.15) is 94.0 Å². The Bertz CT molecular complexity index is 916. The highest BCUT2D eigenvalue weighted by Gasteiger charge is 2.21. The van der Waals surface area contributed by atoms with Crippen molar-refractivity contribution in [2.24, 2.45) is 0 Å². The number of unbranched alkanes of at least 4 members (excludes halogenated alkanes) is 7. The molecule has 5 heteroatoms. The van der Waals surface area contributed by atoms with Crippen molar-refractivity contribution in [3.8, 4) is 0 Å². The standard InChI is InChI=1S/C31H45N3O2/c1-3-5-7-9-11-13-30(35)34-24-22-33(23-25-34)29-20-18-28(19-21-29)32-31(36)27-16-14-26(15-17-27)12-10-8-6-4-2/h14-21H,3-13,22-25H2,1-2H3,(H,32,36). The van der Waals surface area contributed by atoms with E-state index < -0.39 is 0 Å². The van der Waals surface area contributed by atoms with Crippen molar-refractivity contribution < 1.29 is 9.59 Å². The van der Waals surface area contributed by atoms with Crippen molar-refractivity contribution in [3.63, 3.8) is 0 Å². The molecule has 0 radical (unpaired) electrons. The second-order valence-electron chi connectivity index (χ2n) is 10.0. The maximum atomic E-state index is 12.7. The van der Waals surface area contributed by atoms with Gasteiger partial charge in [0.2, 0.25) is 5.91 Å². The van der Waals surface area contributed by atoms with Crippen molar-refractivity contribution in [2.45, 2.75) is 84.5 Å². The van der Waals surface area contributed by atoms with E-state index in [0.29, 0.717) is 17.9 Å².